The van der Waals surface area contributed by atoms with Crippen LogP contribution < -0.4 is 0 Å². The first-order valence-electron chi connectivity index (χ1n) is 4.59. The Balaban J connectivity index is 3.38. The molecular weight excluding hydrogens is 152 g/mol. The lowest BCUT2D eigenvalue weighted by atomic mass is 10.1. The van der Waals surface area contributed by atoms with E-state index in [1.807, 2.05) is 0 Å². The minimum Gasteiger partial charge on any atom is -0.417 e. The summed E-state index contributed by atoms with van der Waals surface area (Å²) in [5.41, 5.74) is 0. The molecule has 0 aromatic carbocycles. The van der Waals surface area contributed by atoms with Gasteiger partial charge < -0.3 is 4.43 Å². The normalized spacial score (nSPS) is 15.0. The van der Waals surface area contributed by atoms with Crippen LogP contribution in [0.25, 0.3) is 0 Å². The van der Waals surface area contributed by atoms with Crippen molar-refractivity contribution in [2.45, 2.75) is 46.3 Å². The van der Waals surface area contributed by atoms with Crippen LogP contribution in [-0.4, -0.2) is 14.9 Å². The molecule has 0 bridgehead atoms. The van der Waals surface area contributed by atoms with Crippen molar-refractivity contribution in [1.29, 1.82) is 0 Å². The summed E-state index contributed by atoms with van der Waals surface area (Å²) >= 11 is 0. The lowest BCUT2D eigenvalue weighted by Crippen LogP contribution is -2.27. The highest BCUT2D eigenvalue weighted by Gasteiger charge is 2.14. The van der Waals surface area contributed by atoms with Gasteiger partial charge in [-0.2, -0.15) is 0 Å². The van der Waals surface area contributed by atoms with Crippen LogP contribution in [0.2, 0.25) is 19.6 Å². The van der Waals surface area contributed by atoms with Crippen molar-refractivity contribution < 1.29 is 4.43 Å². The van der Waals surface area contributed by atoms with Crippen molar-refractivity contribution in [2.24, 2.45) is 5.92 Å². The quantitative estimate of drug-likeness (QED) is 0.581. The largest absolute Gasteiger partial charge is 0.417 e. The van der Waals surface area contributed by atoms with Gasteiger partial charge in [0.15, 0.2) is 8.32 Å². The summed E-state index contributed by atoms with van der Waals surface area (Å²) in [7, 11) is -1.25. The van der Waals surface area contributed by atoms with Crippen molar-refractivity contribution in [1.82, 2.24) is 0 Å². The molecule has 2 heteroatoms. The van der Waals surface area contributed by atoms with Gasteiger partial charge in [0.2, 0.25) is 0 Å². The van der Waals surface area contributed by atoms with Crippen LogP contribution in [0.4, 0.5) is 0 Å². The molecule has 0 saturated heterocycles. The second-order valence-corrected chi connectivity index (χ2v) is 8.83. The molecular formula is C9H22OSi. The first kappa shape index (κ1) is 11.2. The Hall–Kier alpha value is 0.177. The molecule has 0 spiro atoms. The fraction of sp³-hybridized carbons (Fsp3) is 1.00. The van der Waals surface area contributed by atoms with Gasteiger partial charge in [0, 0.05) is 6.61 Å². The van der Waals surface area contributed by atoms with Crippen molar-refractivity contribution in [3.05, 3.63) is 0 Å². The number of hydrogen-bond acceptors (Lipinski definition) is 1. The highest BCUT2D eigenvalue weighted by atomic mass is 28.4. The first-order valence-corrected chi connectivity index (χ1v) is 8.00. The second-order valence-electron chi connectivity index (χ2n) is 4.32. The van der Waals surface area contributed by atoms with E-state index in [4.69, 9.17) is 4.43 Å². The maximum atomic E-state index is 5.78. The molecule has 0 aliphatic heterocycles. The molecule has 0 aromatic rings. The Kier molecular flexibility index (Phi) is 5.02. The van der Waals surface area contributed by atoms with Crippen LogP contribution >= 0.6 is 0 Å². The molecule has 68 valence electrons. The first-order chi connectivity index (χ1) is 4.95. The van der Waals surface area contributed by atoms with Crippen LogP contribution in [-0.2, 0) is 4.43 Å². The Morgan fingerprint density at radius 3 is 2.18 bits per heavy atom. The Labute approximate surface area is 72.3 Å². The van der Waals surface area contributed by atoms with E-state index in [0.717, 1.165) is 12.5 Å². The van der Waals surface area contributed by atoms with Gasteiger partial charge in [-0.15, -0.1) is 0 Å². The lowest BCUT2D eigenvalue weighted by Gasteiger charge is -2.20. The Morgan fingerprint density at radius 1 is 1.27 bits per heavy atom. The third-order valence-electron chi connectivity index (χ3n) is 1.58. The summed E-state index contributed by atoms with van der Waals surface area (Å²) in [6.07, 6.45) is 2.57. The molecule has 0 aliphatic rings. The molecule has 1 nitrogen and oxygen atoms in total. The van der Waals surface area contributed by atoms with Gasteiger partial charge in [0.25, 0.3) is 0 Å². The standard InChI is InChI=1S/C9H22OSi/c1-6-7-9(2)8-10-11(3,4)5/h9H,6-8H2,1-5H3/t9-/m0/s1. The molecule has 0 radical (unpaired) electrons. The summed E-state index contributed by atoms with van der Waals surface area (Å²) in [6.45, 7) is 12.2. The Bertz CT molecular complexity index is 96.2. The van der Waals surface area contributed by atoms with E-state index in [2.05, 4.69) is 33.5 Å². The summed E-state index contributed by atoms with van der Waals surface area (Å²) < 4.78 is 5.78. The van der Waals surface area contributed by atoms with E-state index in [0.29, 0.717) is 0 Å². The van der Waals surface area contributed by atoms with Gasteiger partial charge in [0.1, 0.15) is 0 Å². The molecule has 11 heavy (non-hydrogen) atoms. The summed E-state index contributed by atoms with van der Waals surface area (Å²) in [4.78, 5) is 0. The Morgan fingerprint density at radius 2 is 1.82 bits per heavy atom. The number of hydrogen-bond donors (Lipinski definition) is 0. The average molecular weight is 174 g/mol. The lowest BCUT2D eigenvalue weighted by molar-refractivity contribution is 0.245. The third kappa shape index (κ3) is 8.08. The van der Waals surface area contributed by atoms with Gasteiger partial charge in [-0.05, 0) is 32.0 Å². The highest BCUT2D eigenvalue weighted by Crippen LogP contribution is 2.10. The zero-order valence-electron chi connectivity index (χ0n) is 8.61. The monoisotopic (exact) mass is 174 g/mol. The van der Waals surface area contributed by atoms with Gasteiger partial charge in [-0.25, -0.2) is 0 Å². The zero-order valence-corrected chi connectivity index (χ0v) is 9.61. The van der Waals surface area contributed by atoms with Crippen LogP contribution in [0.1, 0.15) is 26.7 Å². The predicted molar refractivity (Wildman–Crippen MR) is 53.4 cm³/mol. The van der Waals surface area contributed by atoms with E-state index in [9.17, 15) is 0 Å². The van der Waals surface area contributed by atoms with E-state index < -0.39 is 8.32 Å². The molecule has 0 heterocycles. The van der Waals surface area contributed by atoms with E-state index in [1.54, 1.807) is 0 Å². The summed E-state index contributed by atoms with van der Waals surface area (Å²) in [6, 6.07) is 0. The van der Waals surface area contributed by atoms with Crippen LogP contribution in [0.15, 0.2) is 0 Å². The third-order valence-corrected chi connectivity index (χ3v) is 2.62. The SMILES string of the molecule is CCC[C@H](C)CO[Si](C)(C)C. The molecule has 0 N–H and O–H groups in total. The van der Waals surface area contributed by atoms with E-state index in [-0.39, 0.29) is 0 Å². The topological polar surface area (TPSA) is 9.23 Å². The second kappa shape index (κ2) is 4.94. The van der Waals surface area contributed by atoms with Crippen molar-refractivity contribution in [2.75, 3.05) is 6.61 Å². The van der Waals surface area contributed by atoms with Gasteiger partial charge in [0.05, 0.1) is 0 Å². The van der Waals surface area contributed by atoms with Crippen LogP contribution in [0.3, 0.4) is 0 Å². The van der Waals surface area contributed by atoms with Gasteiger partial charge in [-0.3, -0.25) is 0 Å². The van der Waals surface area contributed by atoms with Crippen LogP contribution in [0, 0.1) is 5.92 Å². The van der Waals surface area contributed by atoms with E-state index >= 15 is 0 Å². The highest BCUT2D eigenvalue weighted by molar-refractivity contribution is 6.69. The fourth-order valence-electron chi connectivity index (χ4n) is 0.968. The predicted octanol–water partition coefficient (Wildman–Crippen LogP) is 3.27. The maximum Gasteiger partial charge on any atom is 0.183 e. The molecule has 0 aromatic heterocycles. The van der Waals surface area contributed by atoms with Crippen molar-refractivity contribution >= 4 is 8.32 Å². The molecule has 0 amide bonds. The minimum atomic E-state index is -1.25. The van der Waals surface area contributed by atoms with Gasteiger partial charge >= 0.3 is 0 Å². The summed E-state index contributed by atoms with van der Waals surface area (Å²) in [5, 5.41) is 0. The average Bonchev–Trinajstić information content (AvgIpc) is 1.83. The fourth-order valence-corrected chi connectivity index (χ4v) is 1.75. The molecule has 0 aliphatic carbocycles. The molecule has 1 atom stereocenters. The van der Waals surface area contributed by atoms with Crippen molar-refractivity contribution in [3.8, 4) is 0 Å². The smallest absolute Gasteiger partial charge is 0.183 e. The maximum absolute atomic E-state index is 5.78. The van der Waals surface area contributed by atoms with E-state index in [1.165, 1.54) is 12.8 Å². The summed E-state index contributed by atoms with van der Waals surface area (Å²) in [5.74, 6) is 0.742. The zero-order chi connectivity index (χ0) is 8.91. The molecule has 0 saturated carbocycles. The van der Waals surface area contributed by atoms with Crippen molar-refractivity contribution in [3.63, 3.8) is 0 Å². The molecule has 0 fully saturated rings. The molecule has 0 rings (SSSR count). The van der Waals surface area contributed by atoms with Gasteiger partial charge in [-0.1, -0.05) is 20.3 Å². The minimum absolute atomic E-state index is 0.742. The molecule has 0 unspecified atom stereocenters. The van der Waals surface area contributed by atoms with Crippen LogP contribution in [0.5, 0.6) is 0 Å². The number of rotatable bonds is 5.